The Kier molecular flexibility index (Phi) is 7.28. The van der Waals surface area contributed by atoms with Gasteiger partial charge in [0.15, 0.2) is 6.61 Å². The van der Waals surface area contributed by atoms with Crippen LogP contribution in [-0.4, -0.2) is 52.8 Å². The Bertz CT molecular complexity index is 1140. The standard InChI is InChI=1S/C23H22F4N6O2/c24-17-8-6-15(7-9-17)12-28-20-30-21(32-22(31-20)35-14-23(25,26)27)33-11-10-18(13-33)29-19(34)16-4-2-1-3-5-16/h1-9,18H,10-14H2,(H,29,34)(H,28,30,31,32). The molecule has 1 aliphatic heterocycles. The van der Waals surface area contributed by atoms with E-state index < -0.39 is 18.8 Å². The molecule has 184 valence electrons. The number of anilines is 2. The van der Waals surface area contributed by atoms with Gasteiger partial charge in [-0.2, -0.15) is 28.1 Å². The Balaban J connectivity index is 1.46. The van der Waals surface area contributed by atoms with Crippen LogP contribution in [0.3, 0.4) is 0 Å². The summed E-state index contributed by atoms with van der Waals surface area (Å²) in [5, 5.41) is 5.85. The van der Waals surface area contributed by atoms with Gasteiger partial charge in [-0.3, -0.25) is 4.79 Å². The highest BCUT2D eigenvalue weighted by molar-refractivity contribution is 5.94. The molecule has 2 aromatic carbocycles. The largest absolute Gasteiger partial charge is 0.454 e. The Morgan fingerprint density at radius 2 is 1.80 bits per heavy atom. The summed E-state index contributed by atoms with van der Waals surface area (Å²) in [6.45, 7) is -0.514. The number of hydrogen-bond donors (Lipinski definition) is 2. The summed E-state index contributed by atoms with van der Waals surface area (Å²) in [6, 6.07) is 13.8. The van der Waals surface area contributed by atoms with E-state index in [9.17, 15) is 22.4 Å². The van der Waals surface area contributed by atoms with E-state index in [1.165, 1.54) is 12.1 Å². The van der Waals surface area contributed by atoms with Crippen molar-refractivity contribution in [3.8, 4) is 6.01 Å². The first-order valence-electron chi connectivity index (χ1n) is 10.8. The van der Waals surface area contributed by atoms with Crippen LogP contribution in [-0.2, 0) is 6.54 Å². The fraction of sp³-hybridized carbons (Fsp3) is 0.304. The highest BCUT2D eigenvalue weighted by Crippen LogP contribution is 2.22. The lowest BCUT2D eigenvalue weighted by Gasteiger charge is -2.18. The van der Waals surface area contributed by atoms with Crippen LogP contribution in [0.5, 0.6) is 6.01 Å². The molecule has 12 heteroatoms. The van der Waals surface area contributed by atoms with Gasteiger partial charge in [0.25, 0.3) is 5.91 Å². The highest BCUT2D eigenvalue weighted by atomic mass is 19.4. The molecule has 1 unspecified atom stereocenters. The van der Waals surface area contributed by atoms with E-state index in [1.807, 2.05) is 6.07 Å². The summed E-state index contributed by atoms with van der Waals surface area (Å²) in [5.74, 6) is -0.477. The van der Waals surface area contributed by atoms with Crippen molar-refractivity contribution in [1.82, 2.24) is 20.3 Å². The second kappa shape index (κ2) is 10.5. The van der Waals surface area contributed by atoms with Crippen molar-refractivity contribution in [2.45, 2.75) is 25.2 Å². The number of halogens is 4. The predicted molar refractivity (Wildman–Crippen MR) is 120 cm³/mol. The second-order valence-corrected chi connectivity index (χ2v) is 7.90. The molecule has 1 aromatic heterocycles. The van der Waals surface area contributed by atoms with Crippen LogP contribution >= 0.6 is 0 Å². The van der Waals surface area contributed by atoms with Gasteiger partial charge in [-0.1, -0.05) is 30.3 Å². The number of ether oxygens (including phenoxy) is 1. The minimum atomic E-state index is -4.56. The topological polar surface area (TPSA) is 92.3 Å². The fourth-order valence-electron chi connectivity index (χ4n) is 3.48. The molecular formula is C23H22F4N6O2. The van der Waals surface area contributed by atoms with Crippen molar-refractivity contribution >= 4 is 17.8 Å². The molecule has 0 saturated carbocycles. The van der Waals surface area contributed by atoms with E-state index in [1.54, 1.807) is 41.3 Å². The minimum absolute atomic E-state index is 0.00766. The van der Waals surface area contributed by atoms with E-state index >= 15 is 0 Å². The Hall–Kier alpha value is -3.96. The summed E-state index contributed by atoms with van der Waals surface area (Å²) >= 11 is 0. The van der Waals surface area contributed by atoms with Crippen LogP contribution in [0, 0.1) is 5.82 Å². The zero-order valence-electron chi connectivity index (χ0n) is 18.4. The lowest BCUT2D eigenvalue weighted by atomic mass is 10.2. The lowest BCUT2D eigenvalue weighted by Crippen LogP contribution is -2.37. The monoisotopic (exact) mass is 490 g/mol. The van der Waals surface area contributed by atoms with Gasteiger partial charge in [0.2, 0.25) is 11.9 Å². The summed E-state index contributed by atoms with van der Waals surface area (Å²) < 4.78 is 55.9. The molecule has 3 aromatic rings. The highest BCUT2D eigenvalue weighted by Gasteiger charge is 2.30. The summed E-state index contributed by atoms with van der Waals surface area (Å²) in [5.41, 5.74) is 1.25. The number of nitrogens with one attached hydrogen (secondary N) is 2. The summed E-state index contributed by atoms with van der Waals surface area (Å²) in [7, 11) is 0. The van der Waals surface area contributed by atoms with Crippen LogP contribution in [0.1, 0.15) is 22.3 Å². The fourth-order valence-corrected chi connectivity index (χ4v) is 3.48. The van der Waals surface area contributed by atoms with Gasteiger partial charge in [-0.15, -0.1) is 0 Å². The quantitative estimate of drug-likeness (QED) is 0.467. The van der Waals surface area contributed by atoms with Gasteiger partial charge in [0.05, 0.1) is 0 Å². The third-order valence-electron chi connectivity index (χ3n) is 5.17. The Morgan fingerprint density at radius 3 is 2.51 bits per heavy atom. The van der Waals surface area contributed by atoms with Gasteiger partial charge in [-0.05, 0) is 36.2 Å². The number of nitrogens with zero attached hydrogens (tertiary/aromatic N) is 4. The number of rotatable bonds is 8. The molecule has 1 fully saturated rings. The molecule has 0 radical (unpaired) electrons. The number of amides is 1. The van der Waals surface area contributed by atoms with Crippen LogP contribution in [0.2, 0.25) is 0 Å². The number of benzene rings is 2. The van der Waals surface area contributed by atoms with E-state index in [-0.39, 0.29) is 36.2 Å². The average molecular weight is 490 g/mol. The number of alkyl halides is 3. The molecule has 4 rings (SSSR count). The summed E-state index contributed by atoms with van der Waals surface area (Å²) in [4.78, 5) is 26.4. The van der Waals surface area contributed by atoms with Crippen LogP contribution < -0.4 is 20.3 Å². The first-order valence-corrected chi connectivity index (χ1v) is 10.8. The molecule has 0 aliphatic carbocycles. The molecule has 1 aliphatic rings. The SMILES string of the molecule is O=C(NC1CCN(c2nc(NCc3ccc(F)cc3)nc(OCC(F)(F)F)n2)C1)c1ccccc1. The van der Waals surface area contributed by atoms with Gasteiger partial charge < -0.3 is 20.3 Å². The Morgan fingerprint density at radius 1 is 1.06 bits per heavy atom. The molecular weight excluding hydrogens is 468 g/mol. The van der Waals surface area contributed by atoms with Crippen molar-refractivity contribution < 1.29 is 27.1 Å². The summed E-state index contributed by atoms with van der Waals surface area (Å²) in [6.07, 6.45) is -3.96. The van der Waals surface area contributed by atoms with Gasteiger partial charge in [0.1, 0.15) is 5.82 Å². The van der Waals surface area contributed by atoms with Crippen molar-refractivity contribution in [3.63, 3.8) is 0 Å². The van der Waals surface area contributed by atoms with Crippen LogP contribution in [0.15, 0.2) is 54.6 Å². The maximum atomic E-state index is 13.1. The molecule has 1 amide bonds. The van der Waals surface area contributed by atoms with E-state index in [0.29, 0.717) is 25.1 Å². The average Bonchev–Trinajstić information content (AvgIpc) is 3.31. The zero-order valence-corrected chi connectivity index (χ0v) is 18.4. The normalized spacial score (nSPS) is 15.7. The molecule has 2 heterocycles. The van der Waals surface area contributed by atoms with Crippen molar-refractivity contribution in [1.29, 1.82) is 0 Å². The van der Waals surface area contributed by atoms with E-state index in [4.69, 9.17) is 4.74 Å². The van der Waals surface area contributed by atoms with Crippen LogP contribution in [0.25, 0.3) is 0 Å². The first-order chi connectivity index (χ1) is 16.7. The number of hydrogen-bond acceptors (Lipinski definition) is 7. The molecule has 8 nitrogen and oxygen atoms in total. The molecule has 0 spiro atoms. The van der Waals surface area contributed by atoms with Gasteiger partial charge in [-0.25, -0.2) is 4.39 Å². The third-order valence-corrected chi connectivity index (χ3v) is 5.17. The number of carbonyl (C=O) groups excluding carboxylic acids is 1. The number of aromatic nitrogens is 3. The minimum Gasteiger partial charge on any atom is -0.454 e. The van der Waals surface area contributed by atoms with Crippen molar-refractivity contribution in [2.24, 2.45) is 0 Å². The number of carbonyl (C=O) groups is 1. The van der Waals surface area contributed by atoms with Crippen LogP contribution in [0.4, 0.5) is 29.5 Å². The lowest BCUT2D eigenvalue weighted by molar-refractivity contribution is -0.154. The predicted octanol–water partition coefficient (Wildman–Crippen LogP) is 3.57. The van der Waals surface area contributed by atoms with E-state index in [2.05, 4.69) is 25.6 Å². The third kappa shape index (κ3) is 7.01. The molecule has 2 N–H and O–H groups in total. The maximum Gasteiger partial charge on any atom is 0.422 e. The smallest absolute Gasteiger partial charge is 0.422 e. The van der Waals surface area contributed by atoms with E-state index in [0.717, 1.165) is 5.56 Å². The van der Waals surface area contributed by atoms with Crippen molar-refractivity contribution in [3.05, 3.63) is 71.5 Å². The molecule has 35 heavy (non-hydrogen) atoms. The first kappa shape index (κ1) is 24.2. The van der Waals surface area contributed by atoms with Crippen molar-refractivity contribution in [2.75, 3.05) is 29.9 Å². The Labute approximate surface area is 198 Å². The molecule has 1 atom stereocenters. The van der Waals surface area contributed by atoms with Gasteiger partial charge >= 0.3 is 12.2 Å². The maximum absolute atomic E-state index is 13.1. The molecule has 1 saturated heterocycles. The molecule has 0 bridgehead atoms. The second-order valence-electron chi connectivity index (χ2n) is 7.90. The zero-order chi connectivity index (χ0) is 24.8. The van der Waals surface area contributed by atoms with Gasteiger partial charge in [0, 0.05) is 31.2 Å².